The molecule has 2 saturated heterocycles. The van der Waals surface area contributed by atoms with Gasteiger partial charge in [-0.15, -0.1) is 0 Å². The van der Waals surface area contributed by atoms with Crippen molar-refractivity contribution in [1.29, 1.82) is 0 Å². The molecule has 0 unspecified atom stereocenters. The van der Waals surface area contributed by atoms with Gasteiger partial charge in [0, 0.05) is 51.4 Å². The van der Waals surface area contributed by atoms with Crippen molar-refractivity contribution in [3.05, 3.63) is 102 Å². The standard InChI is InChI=1S/C30H35N3O3S/c34-30(32-17-15-26(16-18-32)23-25-7-3-1-4-8-25)28-13-11-27(12-14-28)24-31-19-21-33(22-20-31)37(35,36)29-9-5-2-6-10-29/h1-14,26H,15-24H2. The third-order valence-corrected chi connectivity index (χ3v) is 9.50. The first-order valence-electron chi connectivity index (χ1n) is 13.2. The van der Waals surface area contributed by atoms with E-state index in [0.29, 0.717) is 37.0 Å². The van der Waals surface area contributed by atoms with Gasteiger partial charge in [-0.25, -0.2) is 8.42 Å². The van der Waals surface area contributed by atoms with Crippen molar-refractivity contribution >= 4 is 15.9 Å². The van der Waals surface area contributed by atoms with E-state index in [1.165, 1.54) is 5.56 Å². The highest BCUT2D eigenvalue weighted by molar-refractivity contribution is 7.89. The molecule has 2 aliphatic rings. The van der Waals surface area contributed by atoms with Gasteiger partial charge in [0.1, 0.15) is 0 Å². The Morgan fingerprint density at radius 2 is 1.30 bits per heavy atom. The highest BCUT2D eigenvalue weighted by atomic mass is 32.2. The first kappa shape index (κ1) is 25.6. The van der Waals surface area contributed by atoms with Crippen molar-refractivity contribution < 1.29 is 13.2 Å². The van der Waals surface area contributed by atoms with Crippen molar-refractivity contribution in [2.45, 2.75) is 30.7 Å². The molecule has 3 aromatic carbocycles. The third kappa shape index (κ3) is 6.29. The fraction of sp³-hybridized carbons (Fsp3) is 0.367. The molecule has 194 valence electrons. The number of amides is 1. The molecule has 37 heavy (non-hydrogen) atoms. The van der Waals surface area contributed by atoms with Crippen LogP contribution in [0.1, 0.15) is 34.3 Å². The van der Waals surface area contributed by atoms with Crippen LogP contribution in [0, 0.1) is 5.92 Å². The monoisotopic (exact) mass is 517 g/mol. The lowest BCUT2D eigenvalue weighted by atomic mass is 9.90. The average molecular weight is 518 g/mol. The Balaban J connectivity index is 1.09. The number of benzene rings is 3. The number of likely N-dealkylation sites (tertiary alicyclic amines) is 1. The topological polar surface area (TPSA) is 60.9 Å². The molecule has 1 amide bonds. The summed E-state index contributed by atoms with van der Waals surface area (Å²) in [6.45, 7) is 4.71. The van der Waals surface area contributed by atoms with E-state index >= 15 is 0 Å². The summed E-state index contributed by atoms with van der Waals surface area (Å²) in [6.07, 6.45) is 3.18. The zero-order valence-electron chi connectivity index (χ0n) is 21.2. The minimum atomic E-state index is -3.44. The van der Waals surface area contributed by atoms with Crippen LogP contribution in [0.15, 0.2) is 89.8 Å². The number of sulfonamides is 1. The van der Waals surface area contributed by atoms with E-state index in [9.17, 15) is 13.2 Å². The number of hydrogen-bond acceptors (Lipinski definition) is 4. The lowest BCUT2D eigenvalue weighted by Crippen LogP contribution is -2.48. The number of carbonyl (C=O) groups excluding carboxylic acids is 1. The minimum Gasteiger partial charge on any atom is -0.339 e. The van der Waals surface area contributed by atoms with Crippen LogP contribution < -0.4 is 0 Å². The normalized spacial score (nSPS) is 18.1. The highest BCUT2D eigenvalue weighted by Gasteiger charge is 2.28. The van der Waals surface area contributed by atoms with Gasteiger partial charge in [0.25, 0.3) is 5.91 Å². The van der Waals surface area contributed by atoms with Crippen LogP contribution in [0.4, 0.5) is 0 Å². The summed E-state index contributed by atoms with van der Waals surface area (Å²) >= 11 is 0. The van der Waals surface area contributed by atoms with Gasteiger partial charge in [0.05, 0.1) is 4.90 Å². The van der Waals surface area contributed by atoms with E-state index in [2.05, 4.69) is 35.2 Å². The van der Waals surface area contributed by atoms with Gasteiger partial charge in [-0.05, 0) is 60.6 Å². The molecule has 6 nitrogen and oxygen atoms in total. The molecule has 0 saturated carbocycles. The third-order valence-electron chi connectivity index (χ3n) is 7.59. The Kier molecular flexibility index (Phi) is 8.03. The molecule has 2 heterocycles. The van der Waals surface area contributed by atoms with Crippen molar-refractivity contribution in [2.75, 3.05) is 39.3 Å². The van der Waals surface area contributed by atoms with Crippen molar-refractivity contribution in [1.82, 2.24) is 14.1 Å². The van der Waals surface area contributed by atoms with Crippen molar-refractivity contribution in [3.8, 4) is 0 Å². The average Bonchev–Trinajstić information content (AvgIpc) is 2.95. The Hall–Kier alpha value is -3.00. The van der Waals surface area contributed by atoms with Gasteiger partial charge in [-0.3, -0.25) is 9.69 Å². The van der Waals surface area contributed by atoms with Gasteiger partial charge < -0.3 is 4.90 Å². The molecule has 0 N–H and O–H groups in total. The van der Waals surface area contributed by atoms with Crippen LogP contribution in [-0.4, -0.2) is 67.7 Å². The molecular weight excluding hydrogens is 482 g/mol. The van der Waals surface area contributed by atoms with E-state index in [4.69, 9.17) is 0 Å². The number of piperidine rings is 1. The lowest BCUT2D eigenvalue weighted by molar-refractivity contribution is 0.0690. The summed E-state index contributed by atoms with van der Waals surface area (Å²) < 4.78 is 27.3. The molecule has 0 bridgehead atoms. The largest absolute Gasteiger partial charge is 0.339 e. The first-order chi connectivity index (χ1) is 18.0. The number of hydrogen-bond donors (Lipinski definition) is 0. The van der Waals surface area contributed by atoms with Gasteiger partial charge in [-0.1, -0.05) is 60.7 Å². The van der Waals surface area contributed by atoms with Gasteiger partial charge >= 0.3 is 0 Å². The molecular formula is C30H35N3O3S. The van der Waals surface area contributed by atoms with Crippen LogP contribution in [0.5, 0.6) is 0 Å². The van der Waals surface area contributed by atoms with Crippen LogP contribution in [0.2, 0.25) is 0 Å². The summed E-state index contributed by atoms with van der Waals surface area (Å²) in [7, 11) is -3.44. The van der Waals surface area contributed by atoms with E-state index < -0.39 is 10.0 Å². The maximum atomic E-state index is 13.1. The molecule has 0 radical (unpaired) electrons. The first-order valence-corrected chi connectivity index (χ1v) is 14.6. The van der Waals surface area contributed by atoms with Crippen LogP contribution >= 0.6 is 0 Å². The SMILES string of the molecule is O=C(c1ccc(CN2CCN(S(=O)(=O)c3ccccc3)CC2)cc1)N1CCC(Cc2ccccc2)CC1. The second-order valence-electron chi connectivity index (χ2n) is 10.1. The van der Waals surface area contributed by atoms with Gasteiger partial charge in [-0.2, -0.15) is 4.31 Å². The smallest absolute Gasteiger partial charge is 0.253 e. The summed E-state index contributed by atoms with van der Waals surface area (Å²) in [6, 6.07) is 27.2. The quantitative estimate of drug-likeness (QED) is 0.469. The highest BCUT2D eigenvalue weighted by Crippen LogP contribution is 2.23. The van der Waals surface area contributed by atoms with Gasteiger partial charge in [0.2, 0.25) is 10.0 Å². The Morgan fingerprint density at radius 3 is 1.92 bits per heavy atom. The number of carbonyl (C=O) groups is 1. The zero-order valence-corrected chi connectivity index (χ0v) is 22.0. The summed E-state index contributed by atoms with van der Waals surface area (Å²) in [4.78, 5) is 17.7. The van der Waals surface area contributed by atoms with E-state index in [1.54, 1.807) is 28.6 Å². The number of rotatable bonds is 7. The summed E-state index contributed by atoms with van der Waals surface area (Å²) in [5.74, 6) is 0.751. The van der Waals surface area contributed by atoms with E-state index in [1.807, 2.05) is 35.2 Å². The molecule has 2 aliphatic heterocycles. The fourth-order valence-electron chi connectivity index (χ4n) is 5.35. The number of nitrogens with zero attached hydrogens (tertiary/aromatic N) is 3. The Labute approximate surface area is 220 Å². The minimum absolute atomic E-state index is 0.115. The Bertz CT molecular complexity index is 1260. The maximum Gasteiger partial charge on any atom is 0.253 e. The van der Waals surface area contributed by atoms with Crippen LogP contribution in [0.25, 0.3) is 0 Å². The molecule has 2 fully saturated rings. The van der Waals surface area contributed by atoms with E-state index in [-0.39, 0.29) is 5.91 Å². The molecule has 0 aromatic heterocycles. The predicted molar refractivity (Wildman–Crippen MR) is 146 cm³/mol. The molecule has 0 atom stereocenters. The zero-order chi connectivity index (χ0) is 25.7. The van der Waals surface area contributed by atoms with Crippen LogP contribution in [0.3, 0.4) is 0 Å². The maximum absolute atomic E-state index is 13.1. The number of piperazine rings is 1. The molecule has 0 aliphatic carbocycles. The molecule has 7 heteroatoms. The van der Waals surface area contributed by atoms with Crippen LogP contribution in [-0.2, 0) is 23.0 Å². The fourth-order valence-corrected chi connectivity index (χ4v) is 6.79. The Morgan fingerprint density at radius 1 is 0.703 bits per heavy atom. The summed E-state index contributed by atoms with van der Waals surface area (Å²) in [5, 5.41) is 0. The molecule has 5 rings (SSSR count). The lowest BCUT2D eigenvalue weighted by Gasteiger charge is -2.34. The molecule has 3 aromatic rings. The van der Waals surface area contributed by atoms with Gasteiger partial charge in [0.15, 0.2) is 0 Å². The van der Waals surface area contributed by atoms with Crippen molar-refractivity contribution in [3.63, 3.8) is 0 Å². The van der Waals surface area contributed by atoms with Crippen molar-refractivity contribution in [2.24, 2.45) is 5.92 Å². The predicted octanol–water partition coefficient (Wildman–Crippen LogP) is 4.29. The second kappa shape index (κ2) is 11.6. The molecule has 0 spiro atoms. The van der Waals surface area contributed by atoms with E-state index in [0.717, 1.165) is 50.0 Å². The second-order valence-corrected chi connectivity index (χ2v) is 12.1. The summed E-state index contributed by atoms with van der Waals surface area (Å²) in [5.41, 5.74) is 3.25.